The predicted octanol–water partition coefficient (Wildman–Crippen LogP) is 1.65. The largest absolute Gasteiger partial charge is 0.488 e. The fourth-order valence-corrected chi connectivity index (χ4v) is 2.42. The van der Waals surface area contributed by atoms with Gasteiger partial charge >= 0.3 is 0 Å². The summed E-state index contributed by atoms with van der Waals surface area (Å²) in [7, 11) is 0. The van der Waals surface area contributed by atoms with Crippen LogP contribution in [-0.4, -0.2) is 15.9 Å². The normalized spacial score (nSPS) is 17.6. The highest BCUT2D eigenvalue weighted by atomic mass is 16.5. The molecule has 1 aromatic heterocycles. The standard InChI is InChI=1S/C14H17N3O/c1-10-12(7-15)8-16-17(10)9-13-6-11-4-2-3-5-14(11)18-13/h2-5,8,13H,6-7,9,15H2,1H3. The third-order valence-corrected chi connectivity index (χ3v) is 3.52. The van der Waals surface area contributed by atoms with E-state index in [1.807, 2.05) is 23.0 Å². The van der Waals surface area contributed by atoms with E-state index in [4.69, 9.17) is 10.5 Å². The van der Waals surface area contributed by atoms with Crippen molar-refractivity contribution in [1.29, 1.82) is 0 Å². The van der Waals surface area contributed by atoms with Gasteiger partial charge in [0.1, 0.15) is 11.9 Å². The minimum Gasteiger partial charge on any atom is -0.488 e. The van der Waals surface area contributed by atoms with E-state index in [1.165, 1.54) is 5.56 Å². The Bertz CT molecular complexity index is 537. The maximum atomic E-state index is 5.92. The van der Waals surface area contributed by atoms with Crippen molar-refractivity contribution in [3.8, 4) is 5.75 Å². The lowest BCUT2D eigenvalue weighted by Crippen LogP contribution is -2.22. The Morgan fingerprint density at radius 2 is 2.28 bits per heavy atom. The first-order valence-corrected chi connectivity index (χ1v) is 6.24. The van der Waals surface area contributed by atoms with Crippen LogP contribution in [0.25, 0.3) is 0 Å². The van der Waals surface area contributed by atoms with Gasteiger partial charge in [-0.15, -0.1) is 0 Å². The SMILES string of the molecule is Cc1c(CN)cnn1CC1Cc2ccccc2O1. The minimum absolute atomic E-state index is 0.173. The van der Waals surface area contributed by atoms with Crippen molar-refractivity contribution in [2.45, 2.75) is 32.5 Å². The van der Waals surface area contributed by atoms with Gasteiger partial charge in [-0.2, -0.15) is 5.10 Å². The summed E-state index contributed by atoms with van der Waals surface area (Å²) in [6.07, 6.45) is 2.97. The van der Waals surface area contributed by atoms with Gasteiger partial charge in [-0.1, -0.05) is 18.2 Å². The number of nitrogens with zero attached hydrogens (tertiary/aromatic N) is 2. The molecule has 18 heavy (non-hydrogen) atoms. The van der Waals surface area contributed by atoms with Crippen LogP contribution >= 0.6 is 0 Å². The van der Waals surface area contributed by atoms with Crippen molar-refractivity contribution in [3.63, 3.8) is 0 Å². The van der Waals surface area contributed by atoms with Crippen molar-refractivity contribution >= 4 is 0 Å². The molecule has 1 atom stereocenters. The molecule has 94 valence electrons. The van der Waals surface area contributed by atoms with Crippen LogP contribution in [0.15, 0.2) is 30.5 Å². The van der Waals surface area contributed by atoms with Crippen LogP contribution in [0, 0.1) is 6.92 Å². The molecule has 0 amide bonds. The van der Waals surface area contributed by atoms with Gasteiger partial charge in [-0.25, -0.2) is 0 Å². The topological polar surface area (TPSA) is 53.1 Å². The van der Waals surface area contributed by atoms with Crippen LogP contribution in [0.2, 0.25) is 0 Å². The minimum atomic E-state index is 0.173. The molecule has 2 heterocycles. The van der Waals surface area contributed by atoms with Gasteiger partial charge < -0.3 is 10.5 Å². The summed E-state index contributed by atoms with van der Waals surface area (Å²) in [5.74, 6) is 1.01. The monoisotopic (exact) mass is 243 g/mol. The number of benzene rings is 1. The zero-order chi connectivity index (χ0) is 12.5. The second kappa shape index (κ2) is 4.46. The van der Waals surface area contributed by atoms with Crippen molar-refractivity contribution in [3.05, 3.63) is 47.3 Å². The Morgan fingerprint density at radius 3 is 3.00 bits per heavy atom. The van der Waals surface area contributed by atoms with Crippen molar-refractivity contribution < 1.29 is 4.74 Å². The van der Waals surface area contributed by atoms with E-state index in [2.05, 4.69) is 24.2 Å². The van der Waals surface area contributed by atoms with Gasteiger partial charge in [0.15, 0.2) is 0 Å². The number of para-hydroxylation sites is 1. The molecule has 4 nitrogen and oxygen atoms in total. The van der Waals surface area contributed by atoms with Crippen molar-refractivity contribution in [2.24, 2.45) is 5.73 Å². The Balaban J connectivity index is 1.74. The van der Waals surface area contributed by atoms with E-state index >= 15 is 0 Å². The summed E-state index contributed by atoms with van der Waals surface area (Å²) in [6.45, 7) is 3.37. The summed E-state index contributed by atoms with van der Waals surface area (Å²) in [5, 5.41) is 4.37. The molecule has 0 fully saturated rings. The number of aromatic nitrogens is 2. The zero-order valence-electron chi connectivity index (χ0n) is 10.5. The number of rotatable bonds is 3. The highest BCUT2D eigenvalue weighted by Crippen LogP contribution is 2.28. The van der Waals surface area contributed by atoms with Gasteiger partial charge in [0.2, 0.25) is 0 Å². The quantitative estimate of drug-likeness (QED) is 0.892. The molecule has 1 aliphatic heterocycles. The predicted molar refractivity (Wildman–Crippen MR) is 69.4 cm³/mol. The van der Waals surface area contributed by atoms with E-state index in [1.54, 1.807) is 0 Å². The molecule has 1 aliphatic rings. The Kier molecular flexibility index (Phi) is 2.80. The molecule has 2 aromatic rings. The summed E-state index contributed by atoms with van der Waals surface area (Å²) in [4.78, 5) is 0. The average molecular weight is 243 g/mol. The molecule has 1 unspecified atom stereocenters. The van der Waals surface area contributed by atoms with E-state index in [9.17, 15) is 0 Å². The first kappa shape index (κ1) is 11.3. The molecule has 1 aromatic carbocycles. The number of fused-ring (bicyclic) bond motifs is 1. The van der Waals surface area contributed by atoms with Crippen LogP contribution in [-0.2, 0) is 19.5 Å². The maximum Gasteiger partial charge on any atom is 0.123 e. The van der Waals surface area contributed by atoms with Gasteiger partial charge in [0.25, 0.3) is 0 Å². The van der Waals surface area contributed by atoms with Crippen LogP contribution in [0.5, 0.6) is 5.75 Å². The van der Waals surface area contributed by atoms with Crippen LogP contribution in [0.3, 0.4) is 0 Å². The van der Waals surface area contributed by atoms with Gasteiger partial charge in [0.05, 0.1) is 12.7 Å². The average Bonchev–Trinajstić information content (AvgIpc) is 2.94. The zero-order valence-corrected chi connectivity index (χ0v) is 10.5. The molecule has 0 saturated carbocycles. The van der Waals surface area contributed by atoms with Crippen LogP contribution in [0.1, 0.15) is 16.8 Å². The van der Waals surface area contributed by atoms with E-state index in [0.29, 0.717) is 6.54 Å². The van der Waals surface area contributed by atoms with Crippen LogP contribution in [0.4, 0.5) is 0 Å². The molecule has 4 heteroatoms. The lowest BCUT2D eigenvalue weighted by Gasteiger charge is -2.12. The number of hydrogen-bond acceptors (Lipinski definition) is 3. The van der Waals surface area contributed by atoms with Crippen molar-refractivity contribution in [2.75, 3.05) is 0 Å². The third kappa shape index (κ3) is 1.88. The first-order valence-electron chi connectivity index (χ1n) is 6.24. The first-order chi connectivity index (χ1) is 8.78. The summed E-state index contributed by atoms with van der Waals surface area (Å²) in [6, 6.07) is 8.20. The number of nitrogens with two attached hydrogens (primary N) is 1. The molecule has 0 radical (unpaired) electrons. The highest BCUT2D eigenvalue weighted by molar-refractivity contribution is 5.37. The second-order valence-corrected chi connectivity index (χ2v) is 4.69. The van der Waals surface area contributed by atoms with Gasteiger partial charge in [0, 0.05) is 24.2 Å². The summed E-state index contributed by atoms with van der Waals surface area (Å²) >= 11 is 0. The molecular weight excluding hydrogens is 226 g/mol. The number of ether oxygens (including phenoxy) is 1. The smallest absolute Gasteiger partial charge is 0.123 e. The fourth-order valence-electron chi connectivity index (χ4n) is 2.42. The summed E-state index contributed by atoms with van der Waals surface area (Å²) < 4.78 is 7.90. The van der Waals surface area contributed by atoms with Gasteiger partial charge in [-0.05, 0) is 18.6 Å². The van der Waals surface area contributed by atoms with E-state index in [0.717, 1.165) is 30.0 Å². The Morgan fingerprint density at radius 1 is 1.44 bits per heavy atom. The third-order valence-electron chi connectivity index (χ3n) is 3.52. The lowest BCUT2D eigenvalue weighted by molar-refractivity contribution is 0.202. The van der Waals surface area contributed by atoms with Crippen molar-refractivity contribution in [1.82, 2.24) is 9.78 Å². The highest BCUT2D eigenvalue weighted by Gasteiger charge is 2.23. The van der Waals surface area contributed by atoms with Crippen LogP contribution < -0.4 is 10.5 Å². The van der Waals surface area contributed by atoms with E-state index in [-0.39, 0.29) is 6.10 Å². The number of hydrogen-bond donors (Lipinski definition) is 1. The fraction of sp³-hybridized carbons (Fsp3) is 0.357. The molecular formula is C14H17N3O. The Hall–Kier alpha value is -1.81. The Labute approximate surface area is 106 Å². The summed E-state index contributed by atoms with van der Waals surface area (Å²) in [5.41, 5.74) is 9.18. The lowest BCUT2D eigenvalue weighted by atomic mass is 10.1. The van der Waals surface area contributed by atoms with Gasteiger partial charge in [-0.3, -0.25) is 4.68 Å². The molecule has 0 spiro atoms. The molecule has 2 N–H and O–H groups in total. The second-order valence-electron chi connectivity index (χ2n) is 4.69. The molecule has 0 aliphatic carbocycles. The molecule has 0 bridgehead atoms. The molecule has 0 saturated heterocycles. The van der Waals surface area contributed by atoms with E-state index < -0.39 is 0 Å². The molecule has 3 rings (SSSR count). The maximum absolute atomic E-state index is 5.92.